The molecule has 1 aromatic rings. The van der Waals surface area contributed by atoms with Crippen molar-refractivity contribution in [1.29, 1.82) is 0 Å². The van der Waals surface area contributed by atoms with Gasteiger partial charge < -0.3 is 4.90 Å². The molecule has 1 aliphatic heterocycles. The molecule has 1 heterocycles. The van der Waals surface area contributed by atoms with Crippen LogP contribution in [0.25, 0.3) is 0 Å². The van der Waals surface area contributed by atoms with Crippen molar-refractivity contribution in [2.45, 2.75) is 11.6 Å². The van der Waals surface area contributed by atoms with Gasteiger partial charge >= 0.3 is 0 Å². The molecule has 0 aliphatic carbocycles. The first-order valence-corrected chi connectivity index (χ1v) is 8.46. The smallest absolute Gasteiger partial charge is 0.218 e. The number of piperazine rings is 1. The summed E-state index contributed by atoms with van der Waals surface area (Å²) >= 11 is 5.77. The fraction of sp³-hybridized carbons (Fsp3) is 0.538. The Kier molecular flexibility index (Phi) is 4.84. The van der Waals surface area contributed by atoms with Crippen LogP contribution in [0.4, 0.5) is 0 Å². The van der Waals surface area contributed by atoms with Gasteiger partial charge in [-0.25, -0.2) is 8.42 Å². The van der Waals surface area contributed by atoms with Crippen molar-refractivity contribution in [1.82, 2.24) is 9.21 Å². The average molecular weight is 303 g/mol. The number of rotatable bonds is 4. The number of sulfonamides is 1. The molecule has 0 aromatic heterocycles. The van der Waals surface area contributed by atoms with E-state index in [0.29, 0.717) is 19.0 Å². The van der Waals surface area contributed by atoms with Gasteiger partial charge in [0.25, 0.3) is 0 Å². The summed E-state index contributed by atoms with van der Waals surface area (Å²) in [6.45, 7) is 2.74. The predicted octanol–water partition coefficient (Wildman–Crippen LogP) is 1.50. The second kappa shape index (κ2) is 6.22. The highest BCUT2D eigenvalue weighted by atomic mass is 35.5. The summed E-state index contributed by atoms with van der Waals surface area (Å²) in [7, 11) is -1.21. The number of nitrogens with zero attached hydrogens (tertiary/aromatic N) is 2. The Morgan fingerprint density at radius 2 is 1.79 bits per heavy atom. The average Bonchev–Trinajstić information content (AvgIpc) is 2.39. The van der Waals surface area contributed by atoms with E-state index in [1.54, 1.807) is 4.31 Å². The third-order valence-corrected chi connectivity index (χ3v) is 5.51. The van der Waals surface area contributed by atoms with Gasteiger partial charge in [0.05, 0.1) is 5.75 Å². The molecule has 2 rings (SSSR count). The Balaban J connectivity index is 2.08. The molecule has 1 fully saturated rings. The first-order chi connectivity index (χ1) is 9.01. The van der Waals surface area contributed by atoms with Crippen LogP contribution in [0.5, 0.6) is 0 Å². The minimum atomic E-state index is -3.22. The van der Waals surface area contributed by atoms with Crippen LogP contribution >= 0.6 is 11.6 Å². The van der Waals surface area contributed by atoms with Crippen molar-refractivity contribution in [3.63, 3.8) is 0 Å². The highest BCUT2D eigenvalue weighted by Gasteiger charge is 2.25. The van der Waals surface area contributed by atoms with Gasteiger partial charge in [-0.05, 0) is 18.2 Å². The van der Waals surface area contributed by atoms with Gasteiger partial charge in [0.1, 0.15) is 0 Å². The zero-order chi connectivity index (χ0) is 13.9. The number of alkyl halides is 1. The van der Waals surface area contributed by atoms with E-state index in [4.69, 9.17) is 11.6 Å². The van der Waals surface area contributed by atoms with Crippen LogP contribution in [-0.4, -0.2) is 50.8 Å². The van der Waals surface area contributed by atoms with Crippen molar-refractivity contribution in [2.24, 2.45) is 0 Å². The number of halogens is 1. The lowest BCUT2D eigenvalue weighted by Crippen LogP contribution is -2.47. The van der Waals surface area contributed by atoms with Crippen LogP contribution in [0.15, 0.2) is 24.3 Å². The quantitative estimate of drug-likeness (QED) is 0.792. The van der Waals surface area contributed by atoms with E-state index in [1.807, 2.05) is 31.3 Å². The molecular weight excluding hydrogens is 284 g/mol. The Morgan fingerprint density at radius 1 is 1.16 bits per heavy atom. The lowest BCUT2D eigenvalue weighted by molar-refractivity contribution is 0.222. The van der Waals surface area contributed by atoms with Crippen LogP contribution in [0.2, 0.25) is 0 Å². The molecule has 19 heavy (non-hydrogen) atoms. The first kappa shape index (κ1) is 14.8. The van der Waals surface area contributed by atoms with Crippen LogP contribution in [0.3, 0.4) is 0 Å². The minimum absolute atomic E-state index is 0.0570. The molecule has 0 saturated carbocycles. The van der Waals surface area contributed by atoms with Gasteiger partial charge in [0.2, 0.25) is 10.0 Å². The van der Waals surface area contributed by atoms with Crippen molar-refractivity contribution in [3.05, 3.63) is 35.4 Å². The van der Waals surface area contributed by atoms with E-state index in [1.165, 1.54) is 0 Å². The molecule has 0 N–H and O–H groups in total. The summed E-state index contributed by atoms with van der Waals surface area (Å²) in [5.74, 6) is 0.462. The van der Waals surface area contributed by atoms with Gasteiger partial charge in [-0.2, -0.15) is 4.31 Å². The lowest BCUT2D eigenvalue weighted by atomic mass is 10.2. The SMILES string of the molecule is CN1CCN(S(=O)(=O)Cc2cccc(CCl)c2)CC1. The second-order valence-electron chi connectivity index (χ2n) is 4.91. The van der Waals surface area contributed by atoms with Crippen LogP contribution in [0.1, 0.15) is 11.1 Å². The molecule has 1 saturated heterocycles. The molecule has 4 nitrogen and oxygen atoms in total. The van der Waals surface area contributed by atoms with Gasteiger partial charge in [-0.1, -0.05) is 24.3 Å². The maximum absolute atomic E-state index is 12.3. The van der Waals surface area contributed by atoms with Crippen molar-refractivity contribution >= 4 is 21.6 Å². The Bertz CT molecular complexity index is 525. The van der Waals surface area contributed by atoms with Gasteiger partial charge in [0.15, 0.2) is 0 Å². The largest absolute Gasteiger partial charge is 0.304 e. The molecule has 0 amide bonds. The summed E-state index contributed by atoms with van der Waals surface area (Å²) in [5.41, 5.74) is 1.75. The molecule has 0 unspecified atom stereocenters. The molecule has 0 spiro atoms. The third-order valence-electron chi connectivity index (χ3n) is 3.35. The summed E-state index contributed by atoms with van der Waals surface area (Å²) in [4.78, 5) is 2.14. The van der Waals surface area contributed by atoms with Crippen LogP contribution in [-0.2, 0) is 21.7 Å². The van der Waals surface area contributed by atoms with E-state index in [0.717, 1.165) is 24.2 Å². The third kappa shape index (κ3) is 3.92. The maximum atomic E-state index is 12.3. The summed E-state index contributed by atoms with van der Waals surface area (Å²) in [6, 6.07) is 7.45. The summed E-state index contributed by atoms with van der Waals surface area (Å²) < 4.78 is 26.3. The normalized spacial score (nSPS) is 18.6. The second-order valence-corrected chi connectivity index (χ2v) is 7.15. The molecule has 6 heteroatoms. The number of hydrogen-bond donors (Lipinski definition) is 0. The van der Waals surface area contributed by atoms with Crippen LogP contribution < -0.4 is 0 Å². The molecule has 0 radical (unpaired) electrons. The maximum Gasteiger partial charge on any atom is 0.218 e. The monoisotopic (exact) mass is 302 g/mol. The Hall–Kier alpha value is -0.620. The molecule has 0 bridgehead atoms. The zero-order valence-electron chi connectivity index (χ0n) is 11.0. The first-order valence-electron chi connectivity index (χ1n) is 6.31. The van der Waals surface area contributed by atoms with E-state index in [-0.39, 0.29) is 5.75 Å². The van der Waals surface area contributed by atoms with Crippen molar-refractivity contribution in [3.8, 4) is 0 Å². The van der Waals surface area contributed by atoms with Gasteiger partial charge in [0, 0.05) is 32.1 Å². The van der Waals surface area contributed by atoms with Gasteiger partial charge in [-0.3, -0.25) is 0 Å². The van der Waals surface area contributed by atoms with Crippen LogP contribution in [0, 0.1) is 0 Å². The molecule has 1 aromatic carbocycles. The molecule has 0 atom stereocenters. The standard InChI is InChI=1S/C13H19ClN2O2S/c1-15-5-7-16(8-6-15)19(17,18)11-13-4-2-3-12(9-13)10-14/h2-4,9H,5-8,10-11H2,1H3. The molecular formula is C13H19ClN2O2S. The Morgan fingerprint density at radius 3 is 2.42 bits per heavy atom. The summed E-state index contributed by atoms with van der Waals surface area (Å²) in [5, 5.41) is 0. The number of hydrogen-bond acceptors (Lipinski definition) is 3. The van der Waals surface area contributed by atoms with E-state index in [2.05, 4.69) is 4.90 Å². The highest BCUT2D eigenvalue weighted by molar-refractivity contribution is 7.88. The van der Waals surface area contributed by atoms with E-state index < -0.39 is 10.0 Å². The topological polar surface area (TPSA) is 40.6 Å². The fourth-order valence-electron chi connectivity index (χ4n) is 2.17. The molecule has 1 aliphatic rings. The number of benzene rings is 1. The lowest BCUT2D eigenvalue weighted by Gasteiger charge is -2.31. The van der Waals surface area contributed by atoms with Crippen molar-refractivity contribution in [2.75, 3.05) is 33.2 Å². The van der Waals surface area contributed by atoms with Gasteiger partial charge in [-0.15, -0.1) is 11.6 Å². The predicted molar refractivity (Wildman–Crippen MR) is 77.7 cm³/mol. The van der Waals surface area contributed by atoms with Crippen molar-refractivity contribution < 1.29 is 8.42 Å². The Labute approximate surface area is 120 Å². The number of likely N-dealkylation sites (N-methyl/N-ethyl adjacent to an activating group) is 1. The van der Waals surface area contributed by atoms with E-state index >= 15 is 0 Å². The zero-order valence-corrected chi connectivity index (χ0v) is 12.6. The highest BCUT2D eigenvalue weighted by Crippen LogP contribution is 2.15. The summed E-state index contributed by atoms with van der Waals surface area (Å²) in [6.07, 6.45) is 0. The fourth-order valence-corrected chi connectivity index (χ4v) is 3.84. The molecule has 106 valence electrons. The van der Waals surface area contributed by atoms with E-state index in [9.17, 15) is 8.42 Å². The minimum Gasteiger partial charge on any atom is -0.304 e.